The lowest BCUT2D eigenvalue weighted by atomic mass is 9.80. The maximum Gasteiger partial charge on any atom is 0.248 e. The monoisotopic (exact) mass is 306 g/mol. The average molecular weight is 307 g/mol. The van der Waals surface area contributed by atoms with E-state index in [1.165, 1.54) is 0 Å². The number of aromatic nitrogens is 2. The topological polar surface area (TPSA) is 27.1 Å². The van der Waals surface area contributed by atoms with Gasteiger partial charge in [-0.25, -0.2) is 8.78 Å². The summed E-state index contributed by atoms with van der Waals surface area (Å²) in [4.78, 5) is 0. The Balaban J connectivity index is 1.94. The van der Waals surface area contributed by atoms with Crippen LogP contribution in [-0.4, -0.2) is 22.3 Å². The van der Waals surface area contributed by atoms with Gasteiger partial charge in [0.05, 0.1) is 18.8 Å². The number of fused-ring (bicyclic) bond motifs is 2. The molecule has 3 rings (SSSR count). The Labute approximate surface area is 106 Å². The molecule has 6 heteroatoms. The molecule has 0 aromatic carbocycles. The molecule has 1 spiro atoms. The van der Waals surface area contributed by atoms with Gasteiger partial charge in [0.1, 0.15) is 10.2 Å². The first-order valence-electron chi connectivity index (χ1n) is 5.76. The van der Waals surface area contributed by atoms with Crippen LogP contribution < -0.4 is 0 Å². The van der Waals surface area contributed by atoms with Gasteiger partial charge < -0.3 is 4.74 Å². The summed E-state index contributed by atoms with van der Waals surface area (Å²) in [5.74, 6) is -2.53. The first-order valence-corrected chi connectivity index (χ1v) is 6.56. The number of alkyl halides is 2. The number of hydrogen-bond donors (Lipinski definition) is 0. The van der Waals surface area contributed by atoms with Gasteiger partial charge in [0, 0.05) is 12.8 Å². The molecule has 1 aromatic rings. The molecule has 94 valence electrons. The van der Waals surface area contributed by atoms with Crippen LogP contribution in [0.2, 0.25) is 0 Å². The number of halogens is 3. The molecule has 0 atom stereocenters. The second-order valence-corrected chi connectivity index (χ2v) is 5.59. The molecule has 0 N–H and O–H groups in total. The van der Waals surface area contributed by atoms with E-state index in [1.807, 2.05) is 10.7 Å². The maximum atomic E-state index is 13.2. The van der Waals surface area contributed by atoms with Gasteiger partial charge in [0.15, 0.2) is 0 Å². The molecule has 0 radical (unpaired) electrons. The number of ether oxygens (including phenoxy) is 1. The third-order valence-corrected chi connectivity index (χ3v) is 4.08. The Bertz CT molecular complexity index is 437. The summed E-state index contributed by atoms with van der Waals surface area (Å²) in [6.07, 6.45) is 0.544. The summed E-state index contributed by atoms with van der Waals surface area (Å²) in [5, 5.41) is 4.30. The highest BCUT2D eigenvalue weighted by atomic mass is 79.9. The van der Waals surface area contributed by atoms with Crippen molar-refractivity contribution in [2.75, 3.05) is 6.61 Å². The average Bonchev–Trinajstić information content (AvgIpc) is 2.65. The van der Waals surface area contributed by atoms with Crippen LogP contribution in [0.5, 0.6) is 0 Å². The van der Waals surface area contributed by atoms with Crippen molar-refractivity contribution in [1.29, 1.82) is 0 Å². The van der Waals surface area contributed by atoms with E-state index in [-0.39, 0.29) is 12.8 Å². The lowest BCUT2D eigenvalue weighted by molar-refractivity contribution is -0.152. The molecule has 1 aliphatic carbocycles. The second kappa shape index (κ2) is 3.75. The van der Waals surface area contributed by atoms with Gasteiger partial charge in [-0.2, -0.15) is 5.10 Å². The fraction of sp³-hybridized carbons (Fsp3) is 0.727. The Morgan fingerprint density at radius 2 is 2.00 bits per heavy atom. The highest BCUT2D eigenvalue weighted by molar-refractivity contribution is 9.10. The van der Waals surface area contributed by atoms with Crippen molar-refractivity contribution in [3.8, 4) is 0 Å². The molecule has 1 aliphatic heterocycles. The predicted molar refractivity (Wildman–Crippen MR) is 61.0 cm³/mol. The van der Waals surface area contributed by atoms with Crippen LogP contribution in [0.25, 0.3) is 0 Å². The highest BCUT2D eigenvalue weighted by Gasteiger charge is 2.48. The van der Waals surface area contributed by atoms with Crippen LogP contribution in [0.3, 0.4) is 0 Å². The van der Waals surface area contributed by atoms with Crippen LogP contribution in [0.1, 0.15) is 31.4 Å². The first-order chi connectivity index (χ1) is 8.01. The molecular formula is C11H13BrF2N2O. The lowest BCUT2D eigenvalue weighted by Crippen LogP contribution is -2.43. The Kier molecular flexibility index (Phi) is 2.56. The zero-order valence-electron chi connectivity index (χ0n) is 9.26. The minimum Gasteiger partial charge on any atom is -0.367 e. The van der Waals surface area contributed by atoms with E-state index in [4.69, 9.17) is 4.74 Å². The molecule has 1 fully saturated rings. The molecule has 0 unspecified atom stereocenters. The molecule has 0 saturated heterocycles. The van der Waals surface area contributed by atoms with Crippen molar-refractivity contribution in [2.24, 2.45) is 0 Å². The van der Waals surface area contributed by atoms with Crippen LogP contribution in [0, 0.1) is 0 Å². The molecule has 17 heavy (non-hydrogen) atoms. The standard InChI is InChI=1S/C11H13BrF2N2O/c12-9-7-8-10(17-6-5-16(8)15-9)1-3-11(13,14)4-2-10/h7H,1-6H2. The fourth-order valence-electron chi connectivity index (χ4n) is 2.74. The molecular weight excluding hydrogens is 294 g/mol. The van der Waals surface area contributed by atoms with Crippen LogP contribution in [0.4, 0.5) is 8.78 Å². The second-order valence-electron chi connectivity index (χ2n) is 4.77. The van der Waals surface area contributed by atoms with Gasteiger partial charge in [-0.15, -0.1) is 0 Å². The maximum absolute atomic E-state index is 13.2. The predicted octanol–water partition coefficient (Wildman–Crippen LogP) is 3.08. The van der Waals surface area contributed by atoms with Gasteiger partial charge in [0.25, 0.3) is 0 Å². The van der Waals surface area contributed by atoms with Gasteiger partial charge in [-0.3, -0.25) is 4.68 Å². The molecule has 1 aromatic heterocycles. The quantitative estimate of drug-likeness (QED) is 0.736. The summed E-state index contributed by atoms with van der Waals surface area (Å²) in [6, 6.07) is 1.89. The Hall–Kier alpha value is -0.490. The third kappa shape index (κ3) is 1.91. The van der Waals surface area contributed by atoms with E-state index in [2.05, 4.69) is 21.0 Å². The summed E-state index contributed by atoms with van der Waals surface area (Å²) < 4.78 is 34.9. The van der Waals surface area contributed by atoms with Crippen molar-refractivity contribution in [3.63, 3.8) is 0 Å². The normalized spacial score (nSPS) is 25.8. The van der Waals surface area contributed by atoms with Crippen molar-refractivity contribution >= 4 is 15.9 Å². The molecule has 2 heterocycles. The van der Waals surface area contributed by atoms with Gasteiger partial charge in [0.2, 0.25) is 5.92 Å². The van der Waals surface area contributed by atoms with Gasteiger partial charge in [-0.1, -0.05) is 0 Å². The van der Waals surface area contributed by atoms with E-state index in [0.29, 0.717) is 26.0 Å². The first kappa shape index (κ1) is 11.6. The highest BCUT2D eigenvalue weighted by Crippen LogP contribution is 2.47. The van der Waals surface area contributed by atoms with E-state index < -0.39 is 11.5 Å². The Morgan fingerprint density at radius 1 is 1.29 bits per heavy atom. The number of nitrogens with zero attached hydrogens (tertiary/aromatic N) is 2. The number of rotatable bonds is 0. The van der Waals surface area contributed by atoms with Crippen LogP contribution in [0.15, 0.2) is 10.7 Å². The molecule has 2 aliphatic rings. The van der Waals surface area contributed by atoms with Crippen molar-refractivity contribution in [1.82, 2.24) is 9.78 Å². The molecule has 0 bridgehead atoms. The largest absolute Gasteiger partial charge is 0.367 e. The summed E-state index contributed by atoms with van der Waals surface area (Å²) in [5.41, 5.74) is 0.394. The van der Waals surface area contributed by atoms with Crippen LogP contribution in [-0.2, 0) is 16.9 Å². The van der Waals surface area contributed by atoms with Gasteiger partial charge >= 0.3 is 0 Å². The number of hydrogen-bond acceptors (Lipinski definition) is 2. The summed E-state index contributed by atoms with van der Waals surface area (Å²) >= 11 is 3.33. The zero-order valence-corrected chi connectivity index (χ0v) is 10.8. The van der Waals surface area contributed by atoms with E-state index >= 15 is 0 Å². The van der Waals surface area contributed by atoms with E-state index in [0.717, 1.165) is 10.3 Å². The van der Waals surface area contributed by atoms with E-state index in [1.54, 1.807) is 0 Å². The summed E-state index contributed by atoms with van der Waals surface area (Å²) in [7, 11) is 0. The lowest BCUT2D eigenvalue weighted by Gasteiger charge is -2.42. The minimum absolute atomic E-state index is 0.101. The van der Waals surface area contributed by atoms with E-state index in [9.17, 15) is 8.78 Å². The molecule has 1 saturated carbocycles. The fourth-order valence-corrected chi connectivity index (χ4v) is 3.15. The van der Waals surface area contributed by atoms with Crippen LogP contribution >= 0.6 is 15.9 Å². The molecule has 3 nitrogen and oxygen atoms in total. The van der Waals surface area contributed by atoms with Crippen molar-refractivity contribution in [2.45, 2.75) is 43.8 Å². The smallest absolute Gasteiger partial charge is 0.248 e. The van der Waals surface area contributed by atoms with Crippen molar-refractivity contribution < 1.29 is 13.5 Å². The third-order valence-electron chi connectivity index (χ3n) is 3.69. The molecule has 0 amide bonds. The zero-order chi connectivity index (χ0) is 12.1. The van der Waals surface area contributed by atoms with Gasteiger partial charge in [-0.05, 0) is 34.8 Å². The minimum atomic E-state index is -2.53. The Morgan fingerprint density at radius 3 is 2.71 bits per heavy atom. The SMILES string of the molecule is FC1(F)CCC2(CC1)OCCn1nc(Br)cc12. The van der Waals surface area contributed by atoms with Crippen molar-refractivity contribution in [3.05, 3.63) is 16.4 Å². The summed E-state index contributed by atoms with van der Waals surface area (Å²) in [6.45, 7) is 1.24.